The molecule has 3 rings (SSSR count). The van der Waals surface area contributed by atoms with E-state index in [2.05, 4.69) is 24.9 Å². The van der Waals surface area contributed by atoms with Gasteiger partial charge in [-0.25, -0.2) is 4.98 Å². The number of rotatable bonds is 5. The second-order valence-corrected chi connectivity index (χ2v) is 5.41. The molecular weight excluding hydrogens is 302 g/mol. The lowest BCUT2D eigenvalue weighted by Gasteiger charge is -2.01. The molecule has 0 aliphatic carbocycles. The van der Waals surface area contributed by atoms with E-state index in [9.17, 15) is 4.79 Å². The third-order valence-electron chi connectivity index (χ3n) is 3.25. The predicted octanol–water partition coefficient (Wildman–Crippen LogP) is 1.92. The minimum Gasteiger partial charge on any atom is -0.497 e. The van der Waals surface area contributed by atoms with E-state index in [-0.39, 0.29) is 5.91 Å². The number of imidazole rings is 1. The Morgan fingerprint density at radius 1 is 1.45 bits per heavy atom. The third-order valence-corrected chi connectivity index (χ3v) is 4.02. The first-order valence-corrected chi connectivity index (χ1v) is 7.60. The van der Waals surface area contributed by atoms with Crippen LogP contribution in [-0.2, 0) is 13.0 Å². The van der Waals surface area contributed by atoms with E-state index in [1.54, 1.807) is 7.11 Å². The highest BCUT2D eigenvalue weighted by molar-refractivity contribution is 7.08. The van der Waals surface area contributed by atoms with Gasteiger partial charge in [0.25, 0.3) is 5.91 Å². The second kappa shape index (κ2) is 6.10. The zero-order valence-corrected chi connectivity index (χ0v) is 13.0. The summed E-state index contributed by atoms with van der Waals surface area (Å²) in [6.07, 6.45) is 0.684. The van der Waals surface area contributed by atoms with E-state index in [0.717, 1.165) is 34.0 Å². The normalized spacial score (nSPS) is 10.8. The summed E-state index contributed by atoms with van der Waals surface area (Å²) in [4.78, 5) is 20.3. The van der Waals surface area contributed by atoms with Crippen LogP contribution < -0.4 is 10.1 Å². The summed E-state index contributed by atoms with van der Waals surface area (Å²) in [7, 11) is 1.62. The molecule has 0 spiro atoms. The first-order chi connectivity index (χ1) is 10.7. The molecule has 2 N–H and O–H groups in total. The van der Waals surface area contributed by atoms with E-state index in [4.69, 9.17) is 4.74 Å². The number of methoxy groups -OCH3 is 1. The molecule has 114 valence electrons. The number of hydrogen-bond acceptors (Lipinski definition) is 6. The molecule has 1 aromatic carbocycles. The molecule has 7 nitrogen and oxygen atoms in total. The fourth-order valence-electron chi connectivity index (χ4n) is 2.11. The van der Waals surface area contributed by atoms with Crippen LogP contribution in [0.1, 0.15) is 28.1 Å². The lowest BCUT2D eigenvalue weighted by Crippen LogP contribution is -2.23. The Balaban J connectivity index is 1.72. The molecule has 2 heterocycles. The summed E-state index contributed by atoms with van der Waals surface area (Å²) in [5, 5.41) is 6.77. The Hall–Kier alpha value is -2.48. The van der Waals surface area contributed by atoms with Crippen LogP contribution in [0.2, 0.25) is 0 Å². The molecule has 22 heavy (non-hydrogen) atoms. The van der Waals surface area contributed by atoms with Gasteiger partial charge in [0, 0.05) is 6.07 Å². The van der Waals surface area contributed by atoms with Crippen molar-refractivity contribution in [3.8, 4) is 5.75 Å². The molecule has 1 amide bonds. The molecule has 3 aromatic rings. The van der Waals surface area contributed by atoms with Crippen molar-refractivity contribution in [3.63, 3.8) is 0 Å². The number of aromatic nitrogens is 4. The predicted molar refractivity (Wildman–Crippen MR) is 83.1 cm³/mol. The van der Waals surface area contributed by atoms with Crippen LogP contribution in [0.25, 0.3) is 11.0 Å². The molecule has 8 heteroatoms. The van der Waals surface area contributed by atoms with Crippen molar-refractivity contribution in [1.82, 2.24) is 24.9 Å². The summed E-state index contributed by atoms with van der Waals surface area (Å²) in [5.74, 6) is 1.27. The zero-order valence-electron chi connectivity index (χ0n) is 12.2. The number of aromatic amines is 1. The molecule has 0 aliphatic heterocycles. The van der Waals surface area contributed by atoms with Crippen molar-refractivity contribution < 1.29 is 9.53 Å². The minimum absolute atomic E-state index is 0.176. The van der Waals surface area contributed by atoms with E-state index in [0.29, 0.717) is 23.7 Å². The van der Waals surface area contributed by atoms with Crippen LogP contribution in [0, 0.1) is 0 Å². The number of nitrogens with one attached hydrogen (secondary N) is 2. The Labute approximate surface area is 130 Å². The highest BCUT2D eigenvalue weighted by Crippen LogP contribution is 2.18. The number of carbonyl (C=O) groups excluding carboxylic acids is 1. The van der Waals surface area contributed by atoms with Gasteiger partial charge in [-0.2, -0.15) is 0 Å². The van der Waals surface area contributed by atoms with Crippen LogP contribution in [0.5, 0.6) is 5.75 Å². The van der Waals surface area contributed by atoms with Crippen molar-refractivity contribution in [3.05, 3.63) is 34.6 Å². The number of ether oxygens (including phenoxy) is 1. The Kier molecular flexibility index (Phi) is 4.01. The third kappa shape index (κ3) is 2.77. The molecular formula is C14H15N5O2S. The summed E-state index contributed by atoms with van der Waals surface area (Å²) < 4.78 is 8.99. The highest BCUT2D eigenvalue weighted by atomic mass is 32.1. The number of fused-ring (bicyclic) bond motifs is 1. The van der Waals surface area contributed by atoms with Gasteiger partial charge in [0.05, 0.1) is 30.4 Å². The first-order valence-electron chi connectivity index (χ1n) is 6.83. The lowest BCUT2D eigenvalue weighted by atomic mass is 10.3. The van der Waals surface area contributed by atoms with Crippen LogP contribution in [-0.4, -0.2) is 32.6 Å². The monoisotopic (exact) mass is 317 g/mol. The van der Waals surface area contributed by atoms with Gasteiger partial charge in [0.15, 0.2) is 0 Å². The number of nitrogens with zero attached hydrogens (tertiary/aromatic N) is 3. The molecule has 0 atom stereocenters. The number of amides is 1. The van der Waals surface area contributed by atoms with Crippen LogP contribution in [0.3, 0.4) is 0 Å². The fourth-order valence-corrected chi connectivity index (χ4v) is 2.78. The number of aryl methyl sites for hydroxylation is 1. The molecule has 0 fully saturated rings. The molecule has 2 aromatic heterocycles. The van der Waals surface area contributed by atoms with E-state index >= 15 is 0 Å². The SMILES string of the molecule is CCc1nnsc1C(=O)NCc1nc2ccc(OC)cc2[nH]1. The van der Waals surface area contributed by atoms with Crippen molar-refractivity contribution in [2.24, 2.45) is 0 Å². The average molecular weight is 317 g/mol. The topological polar surface area (TPSA) is 92.8 Å². The summed E-state index contributed by atoms with van der Waals surface area (Å²) >= 11 is 1.11. The van der Waals surface area contributed by atoms with Crippen LogP contribution in [0.15, 0.2) is 18.2 Å². The van der Waals surface area contributed by atoms with Crippen molar-refractivity contribution in [1.29, 1.82) is 0 Å². The van der Waals surface area contributed by atoms with Gasteiger partial charge >= 0.3 is 0 Å². The molecule has 0 unspecified atom stereocenters. The Morgan fingerprint density at radius 3 is 3.09 bits per heavy atom. The number of hydrogen-bond donors (Lipinski definition) is 2. The smallest absolute Gasteiger partial charge is 0.265 e. The van der Waals surface area contributed by atoms with Crippen LogP contribution >= 0.6 is 11.5 Å². The maximum atomic E-state index is 12.1. The minimum atomic E-state index is -0.176. The second-order valence-electron chi connectivity index (χ2n) is 4.65. The van der Waals surface area contributed by atoms with Gasteiger partial charge in [-0.3, -0.25) is 4.79 Å². The number of benzene rings is 1. The van der Waals surface area contributed by atoms with Crippen molar-refractivity contribution in [2.45, 2.75) is 19.9 Å². The maximum absolute atomic E-state index is 12.1. The zero-order chi connectivity index (χ0) is 15.5. The molecule has 0 aliphatic rings. The van der Waals surface area contributed by atoms with Gasteiger partial charge in [-0.15, -0.1) is 5.10 Å². The summed E-state index contributed by atoms with van der Waals surface area (Å²) in [5.41, 5.74) is 2.42. The Morgan fingerprint density at radius 2 is 2.32 bits per heavy atom. The van der Waals surface area contributed by atoms with E-state index in [1.807, 2.05) is 25.1 Å². The van der Waals surface area contributed by atoms with Gasteiger partial charge in [0.1, 0.15) is 16.5 Å². The van der Waals surface area contributed by atoms with Crippen molar-refractivity contribution in [2.75, 3.05) is 7.11 Å². The van der Waals surface area contributed by atoms with Gasteiger partial charge in [0.2, 0.25) is 0 Å². The lowest BCUT2D eigenvalue weighted by molar-refractivity contribution is 0.0953. The van der Waals surface area contributed by atoms with Crippen LogP contribution in [0.4, 0.5) is 0 Å². The Bertz CT molecular complexity index is 811. The molecule has 0 saturated carbocycles. The number of carbonyl (C=O) groups is 1. The van der Waals surface area contributed by atoms with Gasteiger partial charge < -0.3 is 15.0 Å². The first kappa shape index (κ1) is 14.5. The largest absolute Gasteiger partial charge is 0.497 e. The highest BCUT2D eigenvalue weighted by Gasteiger charge is 2.15. The van der Waals surface area contributed by atoms with Crippen molar-refractivity contribution >= 4 is 28.5 Å². The number of H-pyrrole nitrogens is 1. The maximum Gasteiger partial charge on any atom is 0.265 e. The van der Waals surface area contributed by atoms with Gasteiger partial charge in [-0.1, -0.05) is 11.4 Å². The summed E-state index contributed by atoms with van der Waals surface area (Å²) in [6, 6.07) is 5.59. The quantitative estimate of drug-likeness (QED) is 0.750. The standard InChI is InChI=1S/C14H15N5O2S/c1-3-9-13(22-19-18-9)14(20)15-7-12-16-10-5-4-8(21-2)6-11(10)17-12/h4-6H,3,7H2,1-2H3,(H,15,20)(H,16,17). The average Bonchev–Trinajstić information content (AvgIpc) is 3.17. The molecule has 0 radical (unpaired) electrons. The van der Waals surface area contributed by atoms with Gasteiger partial charge in [-0.05, 0) is 30.1 Å². The fraction of sp³-hybridized carbons (Fsp3) is 0.286. The molecule has 0 bridgehead atoms. The summed E-state index contributed by atoms with van der Waals surface area (Å²) in [6.45, 7) is 2.26. The van der Waals surface area contributed by atoms with E-state index in [1.165, 1.54) is 0 Å². The molecule has 0 saturated heterocycles. The van der Waals surface area contributed by atoms with E-state index < -0.39 is 0 Å².